The second-order valence-electron chi connectivity index (χ2n) is 5.20. The van der Waals surface area contributed by atoms with Gasteiger partial charge in [-0.1, -0.05) is 17.7 Å². The molecule has 0 aliphatic carbocycles. The number of ether oxygens (including phenoxy) is 3. The Morgan fingerprint density at radius 3 is 2.75 bits per heavy atom. The molecule has 0 spiro atoms. The zero-order chi connectivity index (χ0) is 14.5. The highest BCUT2D eigenvalue weighted by Gasteiger charge is 2.19. The summed E-state index contributed by atoms with van der Waals surface area (Å²) in [5, 5.41) is 0.626. The van der Waals surface area contributed by atoms with Gasteiger partial charge >= 0.3 is 0 Å². The predicted octanol–water partition coefficient (Wildman–Crippen LogP) is 2.83. The molecule has 2 rings (SSSR count). The van der Waals surface area contributed by atoms with Gasteiger partial charge in [-0.3, -0.25) is 0 Å². The van der Waals surface area contributed by atoms with Gasteiger partial charge in [0.15, 0.2) is 11.5 Å². The first-order valence-electron chi connectivity index (χ1n) is 6.81. The van der Waals surface area contributed by atoms with E-state index < -0.39 is 0 Å². The summed E-state index contributed by atoms with van der Waals surface area (Å²) in [5.74, 6) is 1.89. The topological polar surface area (TPSA) is 30.9 Å². The molecule has 1 aliphatic rings. The van der Waals surface area contributed by atoms with Gasteiger partial charge in [0.25, 0.3) is 0 Å². The zero-order valence-electron chi connectivity index (χ0n) is 12.3. The first-order valence-corrected chi connectivity index (χ1v) is 7.19. The van der Waals surface area contributed by atoms with Gasteiger partial charge in [-0.2, -0.15) is 0 Å². The van der Waals surface area contributed by atoms with Gasteiger partial charge < -0.3 is 19.1 Å². The molecule has 0 N–H and O–H groups in total. The van der Waals surface area contributed by atoms with Gasteiger partial charge in [-0.05, 0) is 31.0 Å². The molecule has 1 aromatic rings. The number of methoxy groups -OCH3 is 2. The molecule has 5 heteroatoms. The number of rotatable bonds is 6. The van der Waals surface area contributed by atoms with Crippen molar-refractivity contribution < 1.29 is 14.2 Å². The Morgan fingerprint density at radius 1 is 1.35 bits per heavy atom. The summed E-state index contributed by atoms with van der Waals surface area (Å²) >= 11 is 6.40. The molecule has 1 saturated heterocycles. The van der Waals surface area contributed by atoms with E-state index in [4.69, 9.17) is 25.8 Å². The van der Waals surface area contributed by atoms with Crippen LogP contribution in [0.25, 0.3) is 0 Å². The van der Waals surface area contributed by atoms with Crippen LogP contribution in [-0.4, -0.2) is 45.9 Å². The summed E-state index contributed by atoms with van der Waals surface area (Å²) in [6.07, 6.45) is 1.14. The van der Waals surface area contributed by atoms with E-state index in [0.717, 1.165) is 38.3 Å². The van der Waals surface area contributed by atoms with E-state index in [1.165, 1.54) is 0 Å². The van der Waals surface area contributed by atoms with Crippen LogP contribution in [0.2, 0.25) is 5.02 Å². The highest BCUT2D eigenvalue weighted by atomic mass is 35.5. The van der Waals surface area contributed by atoms with Crippen molar-refractivity contribution in [1.29, 1.82) is 0 Å². The quantitative estimate of drug-likeness (QED) is 0.808. The molecular weight excluding hydrogens is 278 g/mol. The summed E-state index contributed by atoms with van der Waals surface area (Å²) in [6, 6.07) is 3.89. The van der Waals surface area contributed by atoms with Crippen molar-refractivity contribution in [1.82, 2.24) is 4.90 Å². The summed E-state index contributed by atoms with van der Waals surface area (Å²) in [5.41, 5.74) is 1.05. The fourth-order valence-electron chi connectivity index (χ4n) is 2.58. The highest BCUT2D eigenvalue weighted by Crippen LogP contribution is 2.37. The molecular formula is C15H22ClNO3. The Balaban J connectivity index is 2.04. The Morgan fingerprint density at radius 2 is 2.15 bits per heavy atom. The first kappa shape index (κ1) is 15.4. The van der Waals surface area contributed by atoms with Crippen molar-refractivity contribution in [3.8, 4) is 11.5 Å². The average molecular weight is 300 g/mol. The first-order chi connectivity index (χ1) is 9.65. The lowest BCUT2D eigenvalue weighted by Gasteiger charge is -2.21. The Kier molecular flexibility index (Phi) is 5.52. The molecule has 112 valence electrons. The summed E-state index contributed by atoms with van der Waals surface area (Å²) < 4.78 is 16.0. The molecule has 0 bridgehead atoms. The minimum absolute atomic E-state index is 0.601. The molecule has 0 radical (unpaired) electrons. The Bertz CT molecular complexity index is 447. The average Bonchev–Trinajstić information content (AvgIpc) is 2.93. The van der Waals surface area contributed by atoms with Gasteiger partial charge in [-0.25, -0.2) is 0 Å². The Hall–Kier alpha value is -0.970. The number of benzene rings is 1. The van der Waals surface area contributed by atoms with Crippen LogP contribution in [0, 0.1) is 5.92 Å². The van der Waals surface area contributed by atoms with Crippen LogP contribution < -0.4 is 9.47 Å². The molecule has 0 aromatic heterocycles. The molecule has 1 fully saturated rings. The van der Waals surface area contributed by atoms with Crippen LogP contribution in [0.4, 0.5) is 0 Å². The normalized spacial score (nSPS) is 18.6. The fraction of sp³-hybridized carbons (Fsp3) is 0.600. The van der Waals surface area contributed by atoms with Gasteiger partial charge in [0.05, 0.1) is 25.8 Å². The van der Waals surface area contributed by atoms with Crippen LogP contribution in [-0.2, 0) is 11.3 Å². The second-order valence-corrected chi connectivity index (χ2v) is 5.58. The number of halogens is 1. The predicted molar refractivity (Wildman–Crippen MR) is 79.8 cm³/mol. The van der Waals surface area contributed by atoms with Crippen LogP contribution in [0.15, 0.2) is 12.1 Å². The molecule has 0 amide bonds. The number of hydrogen-bond donors (Lipinski definition) is 0. The fourth-order valence-corrected chi connectivity index (χ4v) is 2.87. The van der Waals surface area contributed by atoms with Crippen LogP contribution in [0.3, 0.4) is 0 Å². The lowest BCUT2D eigenvalue weighted by atomic mass is 10.1. The molecule has 1 aliphatic heterocycles. The minimum Gasteiger partial charge on any atom is -0.493 e. The van der Waals surface area contributed by atoms with E-state index in [2.05, 4.69) is 11.9 Å². The third-order valence-corrected chi connectivity index (χ3v) is 4.01. The molecule has 1 atom stereocenters. The van der Waals surface area contributed by atoms with Crippen LogP contribution in [0.1, 0.15) is 12.0 Å². The molecule has 1 unspecified atom stereocenters. The smallest absolute Gasteiger partial charge is 0.179 e. The maximum absolute atomic E-state index is 6.40. The largest absolute Gasteiger partial charge is 0.493 e. The lowest BCUT2D eigenvalue weighted by molar-refractivity contribution is 0.173. The molecule has 20 heavy (non-hydrogen) atoms. The minimum atomic E-state index is 0.601. The lowest BCUT2D eigenvalue weighted by Crippen LogP contribution is -2.25. The van der Waals surface area contributed by atoms with Crippen molar-refractivity contribution in [2.45, 2.75) is 13.0 Å². The SMILES string of the molecule is COc1ccc(CN(C)CC2CCOC2)c(Cl)c1OC. The maximum Gasteiger partial charge on any atom is 0.179 e. The van der Waals surface area contributed by atoms with Crippen molar-refractivity contribution in [2.24, 2.45) is 5.92 Å². The molecule has 4 nitrogen and oxygen atoms in total. The standard InChI is InChI=1S/C15H22ClNO3/c1-17(8-11-6-7-20-10-11)9-12-4-5-13(18-2)15(19-3)14(12)16/h4-5,11H,6-10H2,1-3H3. The number of nitrogens with zero attached hydrogens (tertiary/aromatic N) is 1. The van der Waals surface area contributed by atoms with Gasteiger partial charge in [0, 0.05) is 19.7 Å². The third-order valence-electron chi connectivity index (χ3n) is 3.60. The van der Waals surface area contributed by atoms with Crippen molar-refractivity contribution in [3.63, 3.8) is 0 Å². The third kappa shape index (κ3) is 3.57. The zero-order valence-corrected chi connectivity index (χ0v) is 13.1. The molecule has 1 heterocycles. The summed E-state index contributed by atoms with van der Waals surface area (Å²) in [6.45, 7) is 3.56. The van der Waals surface area contributed by atoms with Crippen LogP contribution in [0.5, 0.6) is 11.5 Å². The van der Waals surface area contributed by atoms with Crippen molar-refractivity contribution in [2.75, 3.05) is 41.0 Å². The van der Waals surface area contributed by atoms with Gasteiger partial charge in [0.1, 0.15) is 0 Å². The number of hydrogen-bond acceptors (Lipinski definition) is 4. The molecule has 0 saturated carbocycles. The van der Waals surface area contributed by atoms with Gasteiger partial charge in [-0.15, -0.1) is 0 Å². The summed E-state index contributed by atoms with van der Waals surface area (Å²) in [7, 11) is 5.32. The Labute approximate surface area is 125 Å². The van der Waals surface area contributed by atoms with Gasteiger partial charge in [0.2, 0.25) is 0 Å². The monoisotopic (exact) mass is 299 g/mol. The summed E-state index contributed by atoms with van der Waals surface area (Å²) in [4.78, 5) is 2.27. The van der Waals surface area contributed by atoms with E-state index >= 15 is 0 Å². The van der Waals surface area contributed by atoms with E-state index in [-0.39, 0.29) is 0 Å². The van der Waals surface area contributed by atoms with Crippen molar-refractivity contribution >= 4 is 11.6 Å². The van der Waals surface area contributed by atoms with E-state index in [9.17, 15) is 0 Å². The molecule has 1 aromatic carbocycles. The van der Waals surface area contributed by atoms with Crippen LogP contribution >= 0.6 is 11.6 Å². The van der Waals surface area contributed by atoms with E-state index in [0.29, 0.717) is 22.4 Å². The highest BCUT2D eigenvalue weighted by molar-refractivity contribution is 6.33. The second kappa shape index (κ2) is 7.16. The van der Waals surface area contributed by atoms with E-state index in [1.54, 1.807) is 14.2 Å². The maximum atomic E-state index is 6.40. The van der Waals surface area contributed by atoms with Crippen molar-refractivity contribution in [3.05, 3.63) is 22.7 Å². The van der Waals surface area contributed by atoms with E-state index in [1.807, 2.05) is 12.1 Å².